The van der Waals surface area contributed by atoms with Gasteiger partial charge in [-0.05, 0) is 13.3 Å². The summed E-state index contributed by atoms with van der Waals surface area (Å²) in [7, 11) is 0. The maximum atomic E-state index is 11.6. The molecule has 0 radical (unpaired) electrons. The summed E-state index contributed by atoms with van der Waals surface area (Å²) < 4.78 is 4.60. The minimum absolute atomic E-state index is 0.184. The van der Waals surface area contributed by atoms with Crippen LogP contribution in [0.15, 0.2) is 11.8 Å². The van der Waals surface area contributed by atoms with Gasteiger partial charge in [-0.3, -0.25) is 4.79 Å². The summed E-state index contributed by atoms with van der Waals surface area (Å²) in [6.07, 6.45) is 13.5. The molecule has 0 atom stereocenters. The molecule has 0 aromatic heterocycles. The summed E-state index contributed by atoms with van der Waals surface area (Å²) in [6, 6.07) is 0. The van der Waals surface area contributed by atoms with E-state index in [0.717, 1.165) is 25.3 Å². The Labute approximate surface area is 134 Å². The lowest BCUT2D eigenvalue weighted by Gasteiger charge is -2.02. The fourth-order valence-electron chi connectivity index (χ4n) is 2.28. The van der Waals surface area contributed by atoms with Gasteiger partial charge in [-0.25, -0.2) is 4.79 Å². The summed E-state index contributed by atoms with van der Waals surface area (Å²) in [5.74, 6) is -1.65. The fourth-order valence-corrected chi connectivity index (χ4v) is 2.28. The van der Waals surface area contributed by atoms with Crippen LogP contribution in [0.2, 0.25) is 0 Å². The third-order valence-corrected chi connectivity index (χ3v) is 3.56. The molecular formula is C18H32O4. The molecule has 4 heteroatoms. The Morgan fingerprint density at radius 3 is 1.86 bits per heavy atom. The van der Waals surface area contributed by atoms with E-state index in [-0.39, 0.29) is 12.4 Å². The number of carbonyl (C=O) groups is 2. The standard InChI is InChI=1S/C18H32O4/c1-3-5-6-7-8-9-10-11-12-13-14-16(19)15-17(20)18(21)22-4-2/h15,20H,3-14H2,1-2H3/b17-15-. The van der Waals surface area contributed by atoms with Gasteiger partial charge < -0.3 is 9.84 Å². The average Bonchev–Trinajstić information content (AvgIpc) is 2.49. The Hall–Kier alpha value is -1.32. The number of rotatable bonds is 14. The van der Waals surface area contributed by atoms with Crippen LogP contribution in [0.4, 0.5) is 0 Å². The van der Waals surface area contributed by atoms with Crippen molar-refractivity contribution in [1.82, 2.24) is 0 Å². The predicted molar refractivity (Wildman–Crippen MR) is 88.8 cm³/mol. The highest BCUT2D eigenvalue weighted by atomic mass is 16.5. The van der Waals surface area contributed by atoms with Gasteiger partial charge in [0, 0.05) is 12.5 Å². The van der Waals surface area contributed by atoms with Gasteiger partial charge in [0.1, 0.15) is 0 Å². The van der Waals surface area contributed by atoms with Crippen molar-refractivity contribution in [2.24, 2.45) is 0 Å². The summed E-state index contributed by atoms with van der Waals surface area (Å²) in [5.41, 5.74) is 0. The highest BCUT2D eigenvalue weighted by Crippen LogP contribution is 2.11. The van der Waals surface area contributed by atoms with Gasteiger partial charge in [0.05, 0.1) is 6.61 Å². The molecule has 0 aliphatic rings. The maximum absolute atomic E-state index is 11.6. The first-order valence-electron chi connectivity index (χ1n) is 8.72. The van der Waals surface area contributed by atoms with Crippen molar-refractivity contribution >= 4 is 11.8 Å². The quantitative estimate of drug-likeness (QED) is 0.215. The number of hydrogen-bond donors (Lipinski definition) is 1. The normalized spacial score (nSPS) is 11.5. The first-order valence-corrected chi connectivity index (χ1v) is 8.72. The molecule has 0 saturated heterocycles. The fraction of sp³-hybridized carbons (Fsp3) is 0.778. The highest BCUT2D eigenvalue weighted by Gasteiger charge is 2.10. The van der Waals surface area contributed by atoms with Crippen molar-refractivity contribution in [2.75, 3.05) is 6.61 Å². The lowest BCUT2D eigenvalue weighted by molar-refractivity contribution is -0.141. The van der Waals surface area contributed by atoms with E-state index >= 15 is 0 Å². The molecule has 1 N–H and O–H groups in total. The highest BCUT2D eigenvalue weighted by molar-refractivity contribution is 5.97. The lowest BCUT2D eigenvalue weighted by atomic mass is 10.0. The molecule has 0 spiro atoms. The summed E-state index contributed by atoms with van der Waals surface area (Å²) >= 11 is 0. The molecule has 0 saturated carbocycles. The number of aliphatic hydroxyl groups is 1. The van der Waals surface area contributed by atoms with E-state index in [0.29, 0.717) is 6.42 Å². The van der Waals surface area contributed by atoms with E-state index in [1.807, 2.05) is 0 Å². The number of esters is 1. The van der Waals surface area contributed by atoms with E-state index in [2.05, 4.69) is 11.7 Å². The zero-order valence-electron chi connectivity index (χ0n) is 14.2. The second-order valence-corrected chi connectivity index (χ2v) is 5.65. The molecule has 0 aromatic carbocycles. The van der Waals surface area contributed by atoms with Gasteiger partial charge in [0.2, 0.25) is 5.76 Å². The van der Waals surface area contributed by atoms with Crippen LogP contribution in [0.5, 0.6) is 0 Å². The van der Waals surface area contributed by atoms with Gasteiger partial charge in [-0.1, -0.05) is 64.7 Å². The molecule has 0 aromatic rings. The Bertz CT molecular complexity index is 334. The molecule has 0 fully saturated rings. The number of unbranched alkanes of at least 4 members (excludes halogenated alkanes) is 9. The molecule has 22 heavy (non-hydrogen) atoms. The number of ether oxygens (including phenoxy) is 1. The third kappa shape index (κ3) is 12.4. The average molecular weight is 312 g/mol. The van der Waals surface area contributed by atoms with Gasteiger partial charge in [-0.15, -0.1) is 0 Å². The molecule has 0 amide bonds. The number of ketones is 1. The van der Waals surface area contributed by atoms with Gasteiger partial charge in [0.15, 0.2) is 5.78 Å². The first-order chi connectivity index (χ1) is 10.6. The molecule has 0 unspecified atom stereocenters. The van der Waals surface area contributed by atoms with Crippen LogP contribution in [0, 0.1) is 0 Å². The molecule has 0 aliphatic carbocycles. The number of hydrogen-bond acceptors (Lipinski definition) is 4. The van der Waals surface area contributed by atoms with Crippen molar-refractivity contribution in [3.8, 4) is 0 Å². The molecule has 0 heterocycles. The summed E-state index contributed by atoms with van der Waals surface area (Å²) in [6.45, 7) is 4.06. The predicted octanol–water partition coefficient (Wildman–Crippen LogP) is 4.87. The molecule has 0 rings (SSSR count). The van der Waals surface area contributed by atoms with E-state index in [1.54, 1.807) is 6.92 Å². The van der Waals surface area contributed by atoms with Crippen LogP contribution < -0.4 is 0 Å². The SMILES string of the molecule is CCCCCCCCCCCCC(=O)/C=C(\O)C(=O)OCC. The van der Waals surface area contributed by atoms with Crippen molar-refractivity contribution in [3.63, 3.8) is 0 Å². The number of allylic oxidation sites excluding steroid dienone is 1. The van der Waals surface area contributed by atoms with Crippen LogP contribution in [-0.4, -0.2) is 23.5 Å². The second-order valence-electron chi connectivity index (χ2n) is 5.65. The minimum Gasteiger partial charge on any atom is -0.502 e. The topological polar surface area (TPSA) is 63.6 Å². The lowest BCUT2D eigenvalue weighted by Crippen LogP contribution is -2.09. The van der Waals surface area contributed by atoms with Crippen LogP contribution in [0.3, 0.4) is 0 Å². The Kier molecular flexibility index (Phi) is 13.7. The molecule has 128 valence electrons. The van der Waals surface area contributed by atoms with E-state index in [9.17, 15) is 14.7 Å². The third-order valence-electron chi connectivity index (χ3n) is 3.56. The van der Waals surface area contributed by atoms with Gasteiger partial charge in [0.25, 0.3) is 0 Å². The Morgan fingerprint density at radius 1 is 0.864 bits per heavy atom. The smallest absolute Gasteiger partial charge is 0.373 e. The largest absolute Gasteiger partial charge is 0.502 e. The Morgan fingerprint density at radius 2 is 1.36 bits per heavy atom. The zero-order valence-corrected chi connectivity index (χ0v) is 14.2. The van der Waals surface area contributed by atoms with E-state index in [4.69, 9.17) is 0 Å². The minimum atomic E-state index is -0.834. The molecule has 4 nitrogen and oxygen atoms in total. The van der Waals surface area contributed by atoms with Crippen molar-refractivity contribution < 1.29 is 19.4 Å². The van der Waals surface area contributed by atoms with Crippen LogP contribution in [0.1, 0.15) is 84.5 Å². The van der Waals surface area contributed by atoms with Crippen molar-refractivity contribution in [2.45, 2.75) is 84.5 Å². The van der Waals surface area contributed by atoms with Gasteiger partial charge in [-0.2, -0.15) is 0 Å². The number of aliphatic hydroxyl groups excluding tert-OH is 1. The molecule has 0 bridgehead atoms. The van der Waals surface area contributed by atoms with Crippen molar-refractivity contribution in [3.05, 3.63) is 11.8 Å². The zero-order chi connectivity index (χ0) is 16.6. The maximum Gasteiger partial charge on any atom is 0.373 e. The van der Waals surface area contributed by atoms with Gasteiger partial charge >= 0.3 is 5.97 Å². The monoisotopic (exact) mass is 312 g/mol. The van der Waals surface area contributed by atoms with E-state index in [1.165, 1.54) is 44.9 Å². The molecular weight excluding hydrogens is 280 g/mol. The van der Waals surface area contributed by atoms with E-state index < -0.39 is 11.7 Å². The van der Waals surface area contributed by atoms with Crippen molar-refractivity contribution in [1.29, 1.82) is 0 Å². The Balaban J connectivity index is 3.53. The van der Waals surface area contributed by atoms with Crippen LogP contribution in [-0.2, 0) is 14.3 Å². The van der Waals surface area contributed by atoms with Crippen LogP contribution in [0.25, 0.3) is 0 Å². The first kappa shape index (κ1) is 20.7. The molecule has 0 aliphatic heterocycles. The number of carbonyl (C=O) groups excluding carboxylic acids is 2. The summed E-state index contributed by atoms with van der Waals surface area (Å²) in [4.78, 5) is 22.7. The van der Waals surface area contributed by atoms with Crippen LogP contribution >= 0.6 is 0 Å². The summed E-state index contributed by atoms with van der Waals surface area (Å²) in [5, 5.41) is 9.35. The second kappa shape index (κ2) is 14.6.